The molecule has 0 aromatic rings. The van der Waals surface area contributed by atoms with Crippen molar-refractivity contribution in [3.05, 3.63) is 11.3 Å². The largest absolute Gasteiger partial charge is 0.512 e. The van der Waals surface area contributed by atoms with Crippen molar-refractivity contribution in [3.63, 3.8) is 0 Å². The van der Waals surface area contributed by atoms with Gasteiger partial charge in [-0.1, -0.05) is 20.8 Å². The number of esters is 1. The van der Waals surface area contributed by atoms with E-state index < -0.39 is 12.3 Å². The van der Waals surface area contributed by atoms with E-state index in [1.54, 1.807) is 13.8 Å². The molecule has 0 radical (unpaired) electrons. The second-order valence-electron chi connectivity index (χ2n) is 3.37. The van der Waals surface area contributed by atoms with Crippen LogP contribution in [0.4, 0.5) is 0 Å². The van der Waals surface area contributed by atoms with E-state index in [2.05, 4.69) is 0 Å². The van der Waals surface area contributed by atoms with Crippen molar-refractivity contribution in [2.75, 3.05) is 19.8 Å². The van der Waals surface area contributed by atoms with E-state index in [1.807, 2.05) is 13.8 Å². The molecule has 0 saturated carbocycles. The number of hydrogen-bond donors (Lipinski definition) is 1. The van der Waals surface area contributed by atoms with Gasteiger partial charge in [0.2, 0.25) is 0 Å². The normalized spacial score (nSPS) is 16.7. The summed E-state index contributed by atoms with van der Waals surface area (Å²) in [5.74, 6) is -0.460. The van der Waals surface area contributed by atoms with Gasteiger partial charge in [-0.05, 0) is 6.92 Å². The Labute approximate surface area is 109 Å². The summed E-state index contributed by atoms with van der Waals surface area (Å²) in [7, 11) is 0. The standard InChI is InChI=1S/C11H18O5.C2H6/c1-3-9(12)8(11(13)14-4-2)7-10-15-5-6-16-10;1-2/h10,12H,3-7H2,1-2H3;1-2H3/b9-8-;. The molecule has 0 atom stereocenters. The second kappa shape index (κ2) is 9.91. The fraction of sp³-hybridized carbons (Fsp3) is 0.769. The summed E-state index contributed by atoms with van der Waals surface area (Å²) in [6, 6.07) is 0. The number of ether oxygens (including phenoxy) is 3. The first kappa shape index (κ1) is 16.9. The SMILES string of the molecule is CC.CCOC(=O)/C(CC1OCCO1)=C(\O)CC. The molecule has 1 heterocycles. The molecule has 1 aliphatic heterocycles. The fourth-order valence-corrected chi connectivity index (χ4v) is 1.44. The van der Waals surface area contributed by atoms with Gasteiger partial charge in [0.25, 0.3) is 0 Å². The summed E-state index contributed by atoms with van der Waals surface area (Å²) in [6.07, 6.45) is 0.174. The zero-order valence-electron chi connectivity index (χ0n) is 11.7. The van der Waals surface area contributed by atoms with E-state index >= 15 is 0 Å². The van der Waals surface area contributed by atoms with Crippen molar-refractivity contribution in [1.29, 1.82) is 0 Å². The lowest BCUT2D eigenvalue weighted by atomic mass is 10.1. The molecule has 0 aromatic carbocycles. The summed E-state index contributed by atoms with van der Waals surface area (Å²) < 4.78 is 15.3. The fourth-order valence-electron chi connectivity index (χ4n) is 1.44. The first-order valence-corrected chi connectivity index (χ1v) is 6.50. The van der Waals surface area contributed by atoms with Gasteiger partial charge in [-0.3, -0.25) is 0 Å². The average molecular weight is 260 g/mol. The molecule has 1 N–H and O–H groups in total. The third kappa shape index (κ3) is 5.51. The molecule has 18 heavy (non-hydrogen) atoms. The topological polar surface area (TPSA) is 65.0 Å². The molecule has 0 amide bonds. The van der Waals surface area contributed by atoms with Crippen LogP contribution >= 0.6 is 0 Å². The van der Waals surface area contributed by atoms with Crippen LogP contribution in [0.5, 0.6) is 0 Å². The van der Waals surface area contributed by atoms with Gasteiger partial charge in [0.1, 0.15) is 5.76 Å². The number of rotatable bonds is 5. The summed E-state index contributed by atoms with van der Waals surface area (Å²) in [4.78, 5) is 11.6. The van der Waals surface area contributed by atoms with Gasteiger partial charge in [0.05, 0.1) is 25.4 Å². The lowest BCUT2D eigenvalue weighted by molar-refractivity contribution is -0.140. The molecular formula is C13H24O5. The molecule has 0 unspecified atom stereocenters. The van der Waals surface area contributed by atoms with Crippen molar-refractivity contribution < 1.29 is 24.1 Å². The van der Waals surface area contributed by atoms with Crippen LogP contribution in [-0.2, 0) is 19.0 Å². The van der Waals surface area contributed by atoms with Crippen LogP contribution in [0.1, 0.15) is 40.5 Å². The Morgan fingerprint density at radius 3 is 2.28 bits per heavy atom. The molecular weight excluding hydrogens is 236 g/mol. The third-order valence-electron chi connectivity index (χ3n) is 2.27. The average Bonchev–Trinajstić information content (AvgIpc) is 2.90. The Balaban J connectivity index is 0.00000137. The van der Waals surface area contributed by atoms with Crippen LogP contribution in [0.3, 0.4) is 0 Å². The summed E-state index contributed by atoms with van der Waals surface area (Å²) in [5.41, 5.74) is 0.247. The van der Waals surface area contributed by atoms with E-state index in [0.717, 1.165) is 0 Å². The maximum atomic E-state index is 11.6. The first-order valence-electron chi connectivity index (χ1n) is 6.50. The molecule has 1 fully saturated rings. The Morgan fingerprint density at radius 1 is 1.28 bits per heavy atom. The van der Waals surface area contributed by atoms with E-state index in [4.69, 9.17) is 14.2 Å². The van der Waals surface area contributed by atoms with Crippen molar-refractivity contribution in [2.45, 2.75) is 46.8 Å². The number of aliphatic hydroxyl groups excluding tert-OH is 1. The lowest BCUT2D eigenvalue weighted by Crippen LogP contribution is -2.17. The van der Waals surface area contributed by atoms with Crippen LogP contribution in [-0.4, -0.2) is 37.2 Å². The molecule has 106 valence electrons. The highest BCUT2D eigenvalue weighted by Crippen LogP contribution is 2.19. The first-order chi connectivity index (χ1) is 8.69. The molecule has 1 saturated heterocycles. The van der Waals surface area contributed by atoms with Crippen LogP contribution < -0.4 is 0 Å². The third-order valence-corrected chi connectivity index (χ3v) is 2.27. The maximum absolute atomic E-state index is 11.6. The molecule has 0 aromatic heterocycles. The van der Waals surface area contributed by atoms with Gasteiger partial charge in [-0.15, -0.1) is 0 Å². The number of carbonyl (C=O) groups is 1. The van der Waals surface area contributed by atoms with Gasteiger partial charge in [0.15, 0.2) is 6.29 Å². The Kier molecular flexibility index (Phi) is 9.32. The van der Waals surface area contributed by atoms with Gasteiger partial charge in [0, 0.05) is 12.8 Å². The van der Waals surface area contributed by atoms with Gasteiger partial charge in [-0.2, -0.15) is 0 Å². The Bertz CT molecular complexity index is 267. The number of allylic oxidation sites excluding steroid dienone is 1. The van der Waals surface area contributed by atoms with Gasteiger partial charge < -0.3 is 19.3 Å². The summed E-state index contributed by atoms with van der Waals surface area (Å²) in [6.45, 7) is 8.82. The smallest absolute Gasteiger partial charge is 0.337 e. The van der Waals surface area contributed by atoms with E-state index in [0.29, 0.717) is 19.6 Å². The van der Waals surface area contributed by atoms with Crippen LogP contribution in [0, 0.1) is 0 Å². The number of aliphatic hydroxyl groups is 1. The minimum atomic E-state index is -0.499. The van der Waals surface area contributed by atoms with Crippen molar-refractivity contribution in [2.24, 2.45) is 0 Å². The highest BCUT2D eigenvalue weighted by atomic mass is 16.7. The summed E-state index contributed by atoms with van der Waals surface area (Å²) >= 11 is 0. The van der Waals surface area contributed by atoms with Crippen LogP contribution in [0.25, 0.3) is 0 Å². The lowest BCUT2D eigenvalue weighted by Gasteiger charge is -2.13. The quantitative estimate of drug-likeness (QED) is 0.467. The number of hydrogen-bond acceptors (Lipinski definition) is 5. The second-order valence-corrected chi connectivity index (χ2v) is 3.37. The molecule has 5 nitrogen and oxygen atoms in total. The zero-order chi connectivity index (χ0) is 14.0. The van der Waals surface area contributed by atoms with Crippen molar-refractivity contribution in [1.82, 2.24) is 0 Å². The molecule has 0 spiro atoms. The van der Waals surface area contributed by atoms with E-state index in [9.17, 15) is 9.90 Å². The van der Waals surface area contributed by atoms with E-state index in [-0.39, 0.29) is 24.4 Å². The Morgan fingerprint density at radius 2 is 1.83 bits per heavy atom. The number of carbonyl (C=O) groups excluding carboxylic acids is 1. The van der Waals surface area contributed by atoms with Crippen molar-refractivity contribution in [3.8, 4) is 0 Å². The van der Waals surface area contributed by atoms with Gasteiger partial charge in [-0.25, -0.2) is 4.79 Å². The van der Waals surface area contributed by atoms with Gasteiger partial charge >= 0.3 is 5.97 Å². The minimum Gasteiger partial charge on any atom is -0.512 e. The molecule has 1 aliphatic rings. The molecule has 0 bridgehead atoms. The maximum Gasteiger partial charge on any atom is 0.337 e. The highest BCUT2D eigenvalue weighted by molar-refractivity contribution is 5.89. The van der Waals surface area contributed by atoms with E-state index in [1.165, 1.54) is 0 Å². The molecule has 1 rings (SSSR count). The monoisotopic (exact) mass is 260 g/mol. The van der Waals surface area contributed by atoms with Crippen LogP contribution in [0.15, 0.2) is 11.3 Å². The molecule has 0 aliphatic carbocycles. The zero-order valence-corrected chi connectivity index (χ0v) is 11.7. The predicted octanol–water partition coefficient (Wildman–Crippen LogP) is 2.56. The van der Waals surface area contributed by atoms with Crippen molar-refractivity contribution >= 4 is 5.97 Å². The minimum absolute atomic E-state index is 0.0394. The Hall–Kier alpha value is -1.07. The summed E-state index contributed by atoms with van der Waals surface area (Å²) in [5, 5.41) is 9.64. The highest BCUT2D eigenvalue weighted by Gasteiger charge is 2.24. The predicted molar refractivity (Wildman–Crippen MR) is 68.2 cm³/mol. The van der Waals surface area contributed by atoms with Crippen LogP contribution in [0.2, 0.25) is 0 Å². The molecule has 5 heteroatoms.